The van der Waals surface area contributed by atoms with Gasteiger partial charge in [-0.3, -0.25) is 4.79 Å². The molecule has 0 bridgehead atoms. The molecule has 0 aliphatic heterocycles. The van der Waals surface area contributed by atoms with Gasteiger partial charge >= 0.3 is 12.1 Å². The van der Waals surface area contributed by atoms with E-state index in [2.05, 4.69) is 0 Å². The van der Waals surface area contributed by atoms with Crippen molar-refractivity contribution in [2.75, 3.05) is 0 Å². The summed E-state index contributed by atoms with van der Waals surface area (Å²) in [6.45, 7) is 3.16. The number of carbonyl (C=O) groups is 1. The summed E-state index contributed by atoms with van der Waals surface area (Å²) in [5.41, 5.74) is -1.49. The van der Waals surface area contributed by atoms with Gasteiger partial charge in [0, 0.05) is 0 Å². The van der Waals surface area contributed by atoms with Crippen molar-refractivity contribution in [1.82, 2.24) is 0 Å². The molecule has 0 saturated carbocycles. The minimum atomic E-state index is -4.83. The number of halogens is 4. The lowest BCUT2D eigenvalue weighted by Gasteiger charge is -2.18. The Morgan fingerprint density at radius 1 is 1.28 bits per heavy atom. The van der Waals surface area contributed by atoms with Crippen LogP contribution in [0.1, 0.15) is 30.9 Å². The zero-order valence-electron chi connectivity index (χ0n) is 9.75. The van der Waals surface area contributed by atoms with Crippen LogP contribution >= 0.6 is 0 Å². The van der Waals surface area contributed by atoms with Crippen molar-refractivity contribution < 1.29 is 27.5 Å². The van der Waals surface area contributed by atoms with E-state index >= 15 is 0 Å². The van der Waals surface area contributed by atoms with Crippen LogP contribution in [-0.2, 0) is 11.0 Å². The fourth-order valence-electron chi connectivity index (χ4n) is 1.77. The lowest BCUT2D eigenvalue weighted by molar-refractivity contribution is -0.142. The summed E-state index contributed by atoms with van der Waals surface area (Å²) in [4.78, 5) is 11.0. The molecule has 0 saturated heterocycles. The average molecular weight is 264 g/mol. The van der Waals surface area contributed by atoms with Crippen LogP contribution in [-0.4, -0.2) is 11.1 Å². The van der Waals surface area contributed by atoms with Gasteiger partial charge in [-0.25, -0.2) is 4.39 Å². The van der Waals surface area contributed by atoms with E-state index in [4.69, 9.17) is 5.11 Å². The van der Waals surface area contributed by atoms with E-state index in [0.717, 1.165) is 6.07 Å². The van der Waals surface area contributed by atoms with E-state index in [1.807, 2.05) is 0 Å². The quantitative estimate of drug-likeness (QED) is 0.846. The molecule has 0 fully saturated rings. The summed E-state index contributed by atoms with van der Waals surface area (Å²) in [6.07, 6.45) is -4.83. The van der Waals surface area contributed by atoms with Crippen LogP contribution in [0.25, 0.3) is 0 Å². The number of benzene rings is 1. The van der Waals surface area contributed by atoms with E-state index < -0.39 is 35.4 Å². The van der Waals surface area contributed by atoms with Crippen LogP contribution in [0.3, 0.4) is 0 Å². The number of alkyl halides is 3. The zero-order valence-corrected chi connectivity index (χ0v) is 9.75. The molecule has 1 aromatic rings. The zero-order chi connectivity index (χ0) is 14.1. The summed E-state index contributed by atoms with van der Waals surface area (Å²) >= 11 is 0. The van der Waals surface area contributed by atoms with E-state index in [-0.39, 0.29) is 5.56 Å². The summed E-state index contributed by atoms with van der Waals surface area (Å²) < 4.78 is 50.6. The van der Waals surface area contributed by atoms with E-state index in [0.29, 0.717) is 12.1 Å². The summed E-state index contributed by atoms with van der Waals surface area (Å²) in [5.74, 6) is -4.12. The van der Waals surface area contributed by atoms with Gasteiger partial charge in [-0.15, -0.1) is 0 Å². The van der Waals surface area contributed by atoms with Crippen molar-refractivity contribution in [3.8, 4) is 0 Å². The standard InChI is InChI=1S/C12H12F4O2/c1-6(2)10(11(17)18)7-3-4-9(13)8(5-7)12(14,15)16/h3-6,10H,1-2H3,(H,17,18). The van der Waals surface area contributed by atoms with Crippen LogP contribution in [0.4, 0.5) is 17.6 Å². The van der Waals surface area contributed by atoms with E-state index in [1.54, 1.807) is 13.8 Å². The van der Waals surface area contributed by atoms with Gasteiger partial charge in [0.2, 0.25) is 0 Å². The first-order valence-electron chi connectivity index (χ1n) is 5.24. The second kappa shape index (κ2) is 4.96. The van der Waals surface area contributed by atoms with Crippen molar-refractivity contribution in [3.63, 3.8) is 0 Å². The van der Waals surface area contributed by atoms with Crippen LogP contribution in [0, 0.1) is 11.7 Å². The molecule has 1 aromatic carbocycles. The molecular weight excluding hydrogens is 252 g/mol. The maximum Gasteiger partial charge on any atom is 0.419 e. The Balaban J connectivity index is 3.31. The first-order valence-corrected chi connectivity index (χ1v) is 5.24. The molecule has 0 heterocycles. The fraction of sp³-hybridized carbons (Fsp3) is 0.417. The van der Waals surface area contributed by atoms with Gasteiger partial charge in [-0.05, 0) is 23.6 Å². The maximum atomic E-state index is 13.1. The molecule has 0 spiro atoms. The lowest BCUT2D eigenvalue weighted by atomic mass is 9.87. The largest absolute Gasteiger partial charge is 0.481 e. The number of carboxylic acids is 1. The fourth-order valence-corrected chi connectivity index (χ4v) is 1.77. The lowest BCUT2D eigenvalue weighted by Crippen LogP contribution is -2.19. The predicted molar refractivity (Wildman–Crippen MR) is 56.6 cm³/mol. The molecule has 1 rings (SSSR count). The molecule has 18 heavy (non-hydrogen) atoms. The van der Waals surface area contributed by atoms with Crippen molar-refractivity contribution in [2.24, 2.45) is 5.92 Å². The highest BCUT2D eigenvalue weighted by atomic mass is 19.4. The molecule has 1 atom stereocenters. The summed E-state index contributed by atoms with van der Waals surface area (Å²) in [5, 5.41) is 8.99. The minimum absolute atomic E-state index is 0.0498. The molecule has 1 unspecified atom stereocenters. The number of aliphatic carboxylic acids is 1. The molecule has 0 radical (unpaired) electrons. The van der Waals surface area contributed by atoms with Gasteiger partial charge in [-0.2, -0.15) is 13.2 Å². The Hall–Kier alpha value is -1.59. The monoisotopic (exact) mass is 264 g/mol. The Labute approximate surface area is 101 Å². The molecule has 0 aromatic heterocycles. The summed E-state index contributed by atoms with van der Waals surface area (Å²) in [7, 11) is 0. The minimum Gasteiger partial charge on any atom is -0.481 e. The van der Waals surface area contributed by atoms with Crippen LogP contribution in [0.2, 0.25) is 0 Å². The van der Waals surface area contributed by atoms with Gasteiger partial charge in [0.1, 0.15) is 5.82 Å². The van der Waals surface area contributed by atoms with Gasteiger partial charge in [0.25, 0.3) is 0 Å². The highest BCUT2D eigenvalue weighted by Crippen LogP contribution is 2.34. The van der Waals surface area contributed by atoms with Crippen LogP contribution < -0.4 is 0 Å². The van der Waals surface area contributed by atoms with Crippen molar-refractivity contribution in [2.45, 2.75) is 25.9 Å². The number of hydrogen-bond donors (Lipinski definition) is 1. The Morgan fingerprint density at radius 2 is 1.83 bits per heavy atom. The third-order valence-electron chi connectivity index (χ3n) is 2.59. The molecule has 1 N–H and O–H groups in total. The first-order chi connectivity index (χ1) is 8.14. The Morgan fingerprint density at radius 3 is 2.22 bits per heavy atom. The third kappa shape index (κ3) is 3.00. The summed E-state index contributed by atoms with van der Waals surface area (Å²) in [6, 6.07) is 2.29. The smallest absolute Gasteiger partial charge is 0.419 e. The molecule has 0 amide bonds. The van der Waals surface area contributed by atoms with Gasteiger partial charge in [0.15, 0.2) is 0 Å². The molecule has 0 aliphatic rings. The van der Waals surface area contributed by atoms with E-state index in [1.165, 1.54) is 0 Å². The van der Waals surface area contributed by atoms with Gasteiger partial charge in [-0.1, -0.05) is 19.9 Å². The molecular formula is C12H12F4O2. The first kappa shape index (κ1) is 14.5. The van der Waals surface area contributed by atoms with E-state index in [9.17, 15) is 22.4 Å². The highest BCUT2D eigenvalue weighted by molar-refractivity contribution is 5.76. The van der Waals surface area contributed by atoms with Crippen LogP contribution in [0.5, 0.6) is 0 Å². The average Bonchev–Trinajstić information content (AvgIpc) is 2.17. The molecule has 2 nitrogen and oxygen atoms in total. The molecule has 0 aliphatic carbocycles. The topological polar surface area (TPSA) is 37.3 Å². The normalized spacial score (nSPS) is 13.7. The Kier molecular flexibility index (Phi) is 3.98. The van der Waals surface area contributed by atoms with Crippen molar-refractivity contribution in [3.05, 3.63) is 35.1 Å². The third-order valence-corrected chi connectivity index (χ3v) is 2.59. The molecule has 100 valence electrons. The Bertz CT molecular complexity index is 452. The van der Waals surface area contributed by atoms with Gasteiger partial charge < -0.3 is 5.11 Å². The highest BCUT2D eigenvalue weighted by Gasteiger charge is 2.35. The second-order valence-electron chi connectivity index (χ2n) is 4.30. The number of hydrogen-bond acceptors (Lipinski definition) is 1. The maximum absolute atomic E-state index is 13.1. The van der Waals surface area contributed by atoms with Gasteiger partial charge in [0.05, 0.1) is 11.5 Å². The van der Waals surface area contributed by atoms with Crippen molar-refractivity contribution >= 4 is 5.97 Å². The number of rotatable bonds is 3. The van der Waals surface area contributed by atoms with Crippen LogP contribution in [0.15, 0.2) is 18.2 Å². The van der Waals surface area contributed by atoms with Crippen molar-refractivity contribution in [1.29, 1.82) is 0 Å². The predicted octanol–water partition coefficient (Wildman–Crippen LogP) is 3.67. The molecule has 6 heteroatoms. The number of carboxylic acid groups (broad SMARTS) is 1. The SMILES string of the molecule is CC(C)C(C(=O)O)c1ccc(F)c(C(F)(F)F)c1. The second-order valence-corrected chi connectivity index (χ2v) is 4.30.